The van der Waals surface area contributed by atoms with E-state index in [0.717, 1.165) is 38.5 Å². The number of carbonyl (C=O) groups is 2. The van der Waals surface area contributed by atoms with Crippen LogP contribution in [0.4, 0.5) is 0 Å². The fourth-order valence-electron chi connectivity index (χ4n) is 6.87. The summed E-state index contributed by atoms with van der Waals surface area (Å²) >= 11 is 0. The van der Waals surface area contributed by atoms with E-state index in [1.165, 1.54) is 0 Å². The van der Waals surface area contributed by atoms with Crippen molar-refractivity contribution in [3.8, 4) is 0 Å². The summed E-state index contributed by atoms with van der Waals surface area (Å²) in [6.45, 7) is 11.0. The minimum atomic E-state index is -0.173. The zero-order chi connectivity index (χ0) is 19.6. The second-order valence-corrected chi connectivity index (χ2v) is 11.1. The molecule has 0 unspecified atom stereocenters. The van der Waals surface area contributed by atoms with Crippen molar-refractivity contribution < 1.29 is 9.59 Å². The molecule has 1 saturated heterocycles. The van der Waals surface area contributed by atoms with Gasteiger partial charge in [0.1, 0.15) is 0 Å². The molecule has 2 N–H and O–H groups in total. The molecule has 0 aromatic rings. The Morgan fingerprint density at radius 2 is 1.81 bits per heavy atom. The van der Waals surface area contributed by atoms with E-state index in [9.17, 15) is 9.59 Å². The lowest BCUT2D eigenvalue weighted by Gasteiger charge is -2.56. The number of hydrogen-bond acceptors (Lipinski definition) is 2. The first kappa shape index (κ1) is 19.0. The number of hydrogen-bond donors (Lipinski definition) is 2. The average Bonchev–Trinajstić information content (AvgIpc) is 2.91. The number of nitrogens with one attached hydrogen (secondary N) is 2. The van der Waals surface area contributed by atoms with Crippen LogP contribution in [-0.4, -0.2) is 23.4 Å². The van der Waals surface area contributed by atoms with E-state index in [1.807, 2.05) is 0 Å². The minimum Gasteiger partial charge on any atom is -0.352 e. The van der Waals surface area contributed by atoms with Crippen molar-refractivity contribution in [1.82, 2.24) is 10.6 Å². The number of amides is 2. The van der Waals surface area contributed by atoms with E-state index in [4.69, 9.17) is 0 Å². The number of carbonyl (C=O) groups excluding carboxylic acids is 2. The fraction of sp³-hybridized carbons (Fsp3) is 0.826. The van der Waals surface area contributed by atoms with Gasteiger partial charge in [0.25, 0.3) is 0 Å². The van der Waals surface area contributed by atoms with Crippen LogP contribution in [0.15, 0.2) is 11.6 Å². The van der Waals surface area contributed by atoms with Crippen LogP contribution >= 0.6 is 0 Å². The quantitative estimate of drug-likeness (QED) is 0.685. The summed E-state index contributed by atoms with van der Waals surface area (Å²) in [6.07, 6.45) is 9.48. The van der Waals surface area contributed by atoms with Crippen molar-refractivity contribution in [2.24, 2.45) is 28.6 Å². The Balaban J connectivity index is 1.60. The molecule has 3 aliphatic carbocycles. The first-order chi connectivity index (χ1) is 12.5. The summed E-state index contributed by atoms with van der Waals surface area (Å²) in [5.41, 5.74) is 1.71. The lowest BCUT2D eigenvalue weighted by molar-refractivity contribution is -0.132. The SMILES string of the molecule is CC(C)(C)NC(=O)[C@H]1CC[C@H]2C3=CC[C@H]4NC(=O)CC[C@]4(C)[C@H]3CC[C@]12C. The average molecular weight is 373 g/mol. The van der Waals surface area contributed by atoms with Crippen LogP contribution in [-0.2, 0) is 9.59 Å². The molecule has 150 valence electrons. The summed E-state index contributed by atoms with van der Waals surface area (Å²) in [4.78, 5) is 24.9. The third-order valence-electron chi connectivity index (χ3n) is 8.33. The molecule has 3 fully saturated rings. The molecule has 27 heavy (non-hydrogen) atoms. The first-order valence-electron chi connectivity index (χ1n) is 10.9. The molecule has 0 radical (unpaired) electrons. The summed E-state index contributed by atoms with van der Waals surface area (Å²) in [7, 11) is 0. The number of piperidine rings is 1. The smallest absolute Gasteiger partial charge is 0.224 e. The molecule has 2 amide bonds. The number of rotatable bonds is 1. The molecule has 4 rings (SSSR count). The Kier molecular flexibility index (Phi) is 4.29. The van der Waals surface area contributed by atoms with Crippen molar-refractivity contribution in [2.75, 3.05) is 0 Å². The minimum absolute atomic E-state index is 0.0821. The molecular weight excluding hydrogens is 336 g/mol. The first-order valence-corrected chi connectivity index (χ1v) is 10.9. The van der Waals surface area contributed by atoms with E-state index < -0.39 is 0 Å². The predicted molar refractivity (Wildman–Crippen MR) is 107 cm³/mol. The zero-order valence-corrected chi connectivity index (χ0v) is 17.7. The second kappa shape index (κ2) is 6.09. The van der Waals surface area contributed by atoms with Crippen molar-refractivity contribution in [2.45, 2.75) is 91.1 Å². The molecule has 0 aromatic heterocycles. The van der Waals surface area contributed by atoms with Gasteiger partial charge in [-0.15, -0.1) is 0 Å². The maximum Gasteiger partial charge on any atom is 0.224 e. The van der Waals surface area contributed by atoms with Crippen LogP contribution in [0.25, 0.3) is 0 Å². The highest BCUT2D eigenvalue weighted by Gasteiger charge is 2.59. The maximum atomic E-state index is 13.0. The molecule has 0 bridgehead atoms. The van der Waals surface area contributed by atoms with Crippen LogP contribution in [0, 0.1) is 28.6 Å². The van der Waals surface area contributed by atoms with E-state index in [2.05, 4.69) is 51.3 Å². The highest BCUT2D eigenvalue weighted by atomic mass is 16.2. The van der Waals surface area contributed by atoms with Crippen LogP contribution in [0.5, 0.6) is 0 Å². The highest BCUT2D eigenvalue weighted by Crippen LogP contribution is 2.64. The third-order valence-corrected chi connectivity index (χ3v) is 8.33. The van der Waals surface area contributed by atoms with Crippen LogP contribution in [0.2, 0.25) is 0 Å². The molecule has 1 aliphatic heterocycles. The van der Waals surface area contributed by atoms with E-state index in [-0.39, 0.29) is 34.1 Å². The Morgan fingerprint density at radius 1 is 1.11 bits per heavy atom. The summed E-state index contributed by atoms with van der Waals surface area (Å²) in [5.74, 6) is 1.69. The number of allylic oxidation sites excluding steroid dienone is 1. The monoisotopic (exact) mass is 372 g/mol. The van der Waals surface area contributed by atoms with Gasteiger partial charge in [0.2, 0.25) is 11.8 Å². The van der Waals surface area contributed by atoms with Gasteiger partial charge in [-0.3, -0.25) is 9.59 Å². The summed E-state index contributed by atoms with van der Waals surface area (Å²) in [6, 6.07) is 0.290. The molecule has 4 nitrogen and oxygen atoms in total. The topological polar surface area (TPSA) is 58.2 Å². The molecule has 1 heterocycles. The van der Waals surface area contributed by atoms with Crippen molar-refractivity contribution in [3.63, 3.8) is 0 Å². The van der Waals surface area contributed by atoms with Gasteiger partial charge < -0.3 is 10.6 Å². The third kappa shape index (κ3) is 2.94. The molecular formula is C23H36N2O2. The molecule has 0 spiro atoms. The second-order valence-electron chi connectivity index (χ2n) is 11.1. The van der Waals surface area contributed by atoms with E-state index in [1.54, 1.807) is 5.57 Å². The van der Waals surface area contributed by atoms with Crippen LogP contribution in [0.1, 0.15) is 79.6 Å². The van der Waals surface area contributed by atoms with E-state index >= 15 is 0 Å². The Morgan fingerprint density at radius 3 is 2.52 bits per heavy atom. The van der Waals surface area contributed by atoms with Gasteiger partial charge in [0, 0.05) is 23.9 Å². The largest absolute Gasteiger partial charge is 0.352 e. The van der Waals surface area contributed by atoms with Crippen molar-refractivity contribution >= 4 is 11.8 Å². The van der Waals surface area contributed by atoms with Gasteiger partial charge in [-0.2, -0.15) is 0 Å². The fourth-order valence-corrected chi connectivity index (χ4v) is 6.87. The van der Waals surface area contributed by atoms with Gasteiger partial charge in [-0.25, -0.2) is 0 Å². The van der Waals surface area contributed by atoms with Crippen molar-refractivity contribution in [1.29, 1.82) is 0 Å². The van der Waals surface area contributed by atoms with Gasteiger partial charge in [0.15, 0.2) is 0 Å². The highest BCUT2D eigenvalue weighted by molar-refractivity contribution is 5.81. The Labute approximate surface area is 163 Å². The maximum absolute atomic E-state index is 13.0. The lowest BCUT2D eigenvalue weighted by Crippen LogP contribution is -2.58. The van der Waals surface area contributed by atoms with Crippen LogP contribution in [0.3, 0.4) is 0 Å². The van der Waals surface area contributed by atoms with Gasteiger partial charge in [-0.1, -0.05) is 25.5 Å². The molecule has 6 atom stereocenters. The molecule has 0 aromatic carbocycles. The lowest BCUT2D eigenvalue weighted by atomic mass is 9.50. The predicted octanol–water partition coefficient (Wildman–Crippen LogP) is 3.96. The van der Waals surface area contributed by atoms with Crippen molar-refractivity contribution in [3.05, 3.63) is 11.6 Å². The Bertz CT molecular complexity index is 691. The van der Waals surface area contributed by atoms with Gasteiger partial charge in [-0.05, 0) is 82.0 Å². The Hall–Kier alpha value is -1.32. The summed E-state index contributed by atoms with van der Waals surface area (Å²) < 4.78 is 0. The molecule has 2 saturated carbocycles. The zero-order valence-electron chi connectivity index (χ0n) is 17.7. The van der Waals surface area contributed by atoms with E-state index in [0.29, 0.717) is 24.3 Å². The van der Waals surface area contributed by atoms with Gasteiger partial charge in [0.05, 0.1) is 0 Å². The standard InChI is InChI=1S/C23H36N2O2/c1-21(2,3)25-20(27)17-8-7-15-14-6-9-18-23(5,13-11-19(26)24-18)16(14)10-12-22(15,17)4/h6,15-18H,7-13H2,1-5H3,(H,24,26)(H,25,27)/t15-,16-,17+,18+,22-,23+/m0/s1. The molecule has 4 heteroatoms. The van der Waals surface area contributed by atoms with Gasteiger partial charge >= 0.3 is 0 Å². The van der Waals surface area contributed by atoms with Crippen LogP contribution < -0.4 is 10.6 Å². The normalized spacial score (nSPS) is 43.7. The molecule has 4 aliphatic rings. The number of fused-ring (bicyclic) bond motifs is 5. The summed E-state index contributed by atoms with van der Waals surface area (Å²) in [5, 5.41) is 6.51.